The van der Waals surface area contributed by atoms with Gasteiger partial charge in [-0.3, -0.25) is 9.79 Å². The summed E-state index contributed by atoms with van der Waals surface area (Å²) in [6.07, 6.45) is -0.967. The topological polar surface area (TPSA) is 82.8 Å². The maximum Gasteiger partial charge on any atom is 0.416 e. The fourth-order valence-electron chi connectivity index (χ4n) is 3.50. The Balaban J connectivity index is 0.00000480. The molecule has 1 aromatic rings. The maximum absolute atomic E-state index is 12.6. The molecule has 1 atom stereocenters. The monoisotopic (exact) mass is 555 g/mol. The van der Waals surface area contributed by atoms with E-state index in [2.05, 4.69) is 20.5 Å². The number of rotatable bonds is 9. The minimum atomic E-state index is -4.31. The van der Waals surface area contributed by atoms with Crippen LogP contribution in [0, 0.1) is 5.92 Å². The highest BCUT2D eigenvalue weighted by atomic mass is 127. The standard InChI is InChI=1S/C21H32F3N5O.HI/c1-2-26-20(27-11-4-14-29-13-3-5-17(15-29)19(25)30)28-12-10-16-6-8-18(9-7-16)21(22,23)24;/h6-9,17H,2-5,10-15H2,1H3,(H2,25,30)(H2,26,27,28);1H. The lowest BCUT2D eigenvalue weighted by Gasteiger charge is -2.30. The van der Waals surface area contributed by atoms with Crippen molar-refractivity contribution < 1.29 is 18.0 Å². The highest BCUT2D eigenvalue weighted by Crippen LogP contribution is 2.29. The smallest absolute Gasteiger partial charge is 0.369 e. The highest BCUT2D eigenvalue weighted by molar-refractivity contribution is 14.0. The van der Waals surface area contributed by atoms with Crippen molar-refractivity contribution >= 4 is 35.8 Å². The predicted octanol–water partition coefficient (Wildman–Crippen LogP) is 3.01. The molecule has 1 saturated heterocycles. The van der Waals surface area contributed by atoms with E-state index in [1.165, 1.54) is 12.1 Å². The zero-order valence-electron chi connectivity index (χ0n) is 17.9. The molecule has 0 spiro atoms. The first-order chi connectivity index (χ1) is 14.3. The number of guanidine groups is 1. The molecule has 10 heteroatoms. The first kappa shape index (κ1) is 27.5. The van der Waals surface area contributed by atoms with Crippen LogP contribution in [0.4, 0.5) is 13.2 Å². The van der Waals surface area contributed by atoms with Gasteiger partial charge in [-0.25, -0.2) is 0 Å². The molecule has 176 valence electrons. The number of hydrogen-bond donors (Lipinski definition) is 3. The minimum Gasteiger partial charge on any atom is -0.369 e. The molecule has 4 N–H and O–H groups in total. The second kappa shape index (κ2) is 13.8. The molecule has 0 aromatic heterocycles. The summed E-state index contributed by atoms with van der Waals surface area (Å²) >= 11 is 0. The molecule has 0 radical (unpaired) electrons. The Morgan fingerprint density at radius 2 is 1.97 bits per heavy atom. The van der Waals surface area contributed by atoms with Gasteiger partial charge in [0.25, 0.3) is 0 Å². The Hall–Kier alpha value is -1.56. The summed E-state index contributed by atoms with van der Waals surface area (Å²) in [5.74, 6) is 0.425. The third kappa shape index (κ3) is 10.1. The number of hydrogen-bond acceptors (Lipinski definition) is 3. The number of piperidine rings is 1. The summed E-state index contributed by atoms with van der Waals surface area (Å²) in [6, 6.07) is 5.23. The Labute approximate surface area is 199 Å². The van der Waals surface area contributed by atoms with Gasteiger partial charge in [-0.05, 0) is 63.4 Å². The van der Waals surface area contributed by atoms with Crippen LogP contribution < -0.4 is 16.4 Å². The van der Waals surface area contributed by atoms with Crippen molar-refractivity contribution in [3.63, 3.8) is 0 Å². The Bertz CT molecular complexity index is 697. The fraction of sp³-hybridized carbons (Fsp3) is 0.619. The molecule has 0 aliphatic carbocycles. The summed E-state index contributed by atoms with van der Waals surface area (Å²) in [4.78, 5) is 18.2. The molecule has 1 aliphatic rings. The maximum atomic E-state index is 12.6. The van der Waals surface area contributed by atoms with Gasteiger partial charge in [0, 0.05) is 26.2 Å². The first-order valence-electron chi connectivity index (χ1n) is 10.5. The lowest BCUT2D eigenvalue weighted by molar-refractivity contribution is -0.137. The van der Waals surface area contributed by atoms with E-state index in [0.717, 1.165) is 63.1 Å². The van der Waals surface area contributed by atoms with Crippen LogP contribution in [0.1, 0.15) is 37.3 Å². The van der Waals surface area contributed by atoms with Crippen LogP contribution >= 0.6 is 24.0 Å². The van der Waals surface area contributed by atoms with E-state index in [0.29, 0.717) is 25.5 Å². The summed E-state index contributed by atoms with van der Waals surface area (Å²) in [5.41, 5.74) is 5.62. The number of benzene rings is 1. The largest absolute Gasteiger partial charge is 0.416 e. The summed E-state index contributed by atoms with van der Waals surface area (Å²) < 4.78 is 37.9. The number of primary amides is 1. The van der Waals surface area contributed by atoms with E-state index in [9.17, 15) is 18.0 Å². The number of aliphatic imine (C=N–C) groups is 1. The van der Waals surface area contributed by atoms with E-state index >= 15 is 0 Å². The van der Waals surface area contributed by atoms with E-state index in [1.807, 2.05) is 6.92 Å². The quantitative estimate of drug-likeness (QED) is 0.190. The number of likely N-dealkylation sites (tertiary alicyclic amines) is 1. The lowest BCUT2D eigenvalue weighted by atomic mass is 9.97. The Morgan fingerprint density at radius 3 is 2.58 bits per heavy atom. The van der Waals surface area contributed by atoms with Gasteiger partial charge in [-0.15, -0.1) is 24.0 Å². The van der Waals surface area contributed by atoms with Crippen LogP contribution in [0.5, 0.6) is 0 Å². The van der Waals surface area contributed by atoms with Gasteiger partial charge in [0.15, 0.2) is 5.96 Å². The van der Waals surface area contributed by atoms with Gasteiger partial charge in [-0.2, -0.15) is 13.2 Å². The molecule has 1 aliphatic heterocycles. The van der Waals surface area contributed by atoms with Crippen LogP contribution in [0.25, 0.3) is 0 Å². The van der Waals surface area contributed by atoms with Gasteiger partial charge >= 0.3 is 6.18 Å². The Kier molecular flexibility index (Phi) is 12.2. The highest BCUT2D eigenvalue weighted by Gasteiger charge is 2.29. The summed E-state index contributed by atoms with van der Waals surface area (Å²) in [6.45, 7) is 6.50. The number of amides is 1. The second-order valence-corrected chi connectivity index (χ2v) is 7.53. The van der Waals surface area contributed by atoms with E-state index in [4.69, 9.17) is 5.73 Å². The van der Waals surface area contributed by atoms with Crippen molar-refractivity contribution in [3.05, 3.63) is 35.4 Å². The SMILES string of the molecule is CCNC(=NCCCN1CCCC(C(N)=O)C1)NCCc1ccc(C(F)(F)F)cc1.I. The number of alkyl halides is 3. The predicted molar refractivity (Wildman–Crippen MR) is 128 cm³/mol. The minimum absolute atomic E-state index is 0. The van der Waals surface area contributed by atoms with Crippen molar-refractivity contribution in [2.24, 2.45) is 16.6 Å². The van der Waals surface area contributed by atoms with Gasteiger partial charge in [0.05, 0.1) is 11.5 Å². The van der Waals surface area contributed by atoms with Gasteiger partial charge < -0.3 is 21.3 Å². The molecule has 0 bridgehead atoms. The third-order valence-electron chi connectivity index (χ3n) is 5.14. The normalized spacial score (nSPS) is 17.7. The fourth-order valence-corrected chi connectivity index (χ4v) is 3.50. The zero-order chi connectivity index (χ0) is 22.0. The van der Waals surface area contributed by atoms with Crippen LogP contribution in [-0.4, -0.2) is 56.0 Å². The molecule has 0 saturated carbocycles. The lowest BCUT2D eigenvalue weighted by Crippen LogP contribution is -2.41. The van der Waals surface area contributed by atoms with E-state index < -0.39 is 11.7 Å². The van der Waals surface area contributed by atoms with Crippen molar-refractivity contribution in [1.29, 1.82) is 0 Å². The molecule has 1 fully saturated rings. The number of nitrogens with two attached hydrogens (primary N) is 1. The van der Waals surface area contributed by atoms with Crippen LogP contribution in [0.2, 0.25) is 0 Å². The molecule has 1 unspecified atom stereocenters. The second-order valence-electron chi connectivity index (χ2n) is 7.53. The third-order valence-corrected chi connectivity index (χ3v) is 5.14. The molecule has 1 amide bonds. The van der Waals surface area contributed by atoms with Crippen molar-refractivity contribution in [3.8, 4) is 0 Å². The number of nitrogens with zero attached hydrogens (tertiary/aromatic N) is 2. The van der Waals surface area contributed by atoms with Gasteiger partial charge in [0.1, 0.15) is 0 Å². The number of carbonyl (C=O) groups excluding carboxylic acids is 1. The molecule has 1 aromatic carbocycles. The van der Waals surface area contributed by atoms with Gasteiger partial charge in [0.2, 0.25) is 5.91 Å². The van der Waals surface area contributed by atoms with Gasteiger partial charge in [-0.1, -0.05) is 12.1 Å². The van der Waals surface area contributed by atoms with Crippen molar-refractivity contribution in [1.82, 2.24) is 15.5 Å². The summed E-state index contributed by atoms with van der Waals surface area (Å²) in [5, 5.41) is 6.39. The summed E-state index contributed by atoms with van der Waals surface area (Å²) in [7, 11) is 0. The van der Waals surface area contributed by atoms with Crippen molar-refractivity contribution in [2.75, 3.05) is 39.3 Å². The first-order valence-corrected chi connectivity index (χ1v) is 10.5. The van der Waals surface area contributed by atoms with Crippen LogP contribution in [0.3, 0.4) is 0 Å². The Morgan fingerprint density at radius 1 is 1.26 bits per heavy atom. The van der Waals surface area contributed by atoms with E-state index in [-0.39, 0.29) is 35.8 Å². The van der Waals surface area contributed by atoms with Crippen LogP contribution in [0.15, 0.2) is 29.3 Å². The molecule has 6 nitrogen and oxygen atoms in total. The number of nitrogens with one attached hydrogen (secondary N) is 2. The number of carbonyl (C=O) groups is 1. The molecule has 2 rings (SSSR count). The average molecular weight is 555 g/mol. The average Bonchev–Trinajstić information content (AvgIpc) is 2.71. The van der Waals surface area contributed by atoms with Crippen molar-refractivity contribution in [2.45, 2.75) is 38.8 Å². The van der Waals surface area contributed by atoms with E-state index in [1.54, 1.807) is 0 Å². The molecular weight excluding hydrogens is 522 g/mol. The molecule has 31 heavy (non-hydrogen) atoms. The molecular formula is C21H33F3IN5O. The zero-order valence-corrected chi connectivity index (χ0v) is 20.2. The molecule has 1 heterocycles. The van der Waals surface area contributed by atoms with Crippen LogP contribution in [-0.2, 0) is 17.4 Å². The number of halogens is 4.